The molecule has 3 unspecified atom stereocenters. The molecule has 0 bridgehead atoms. The summed E-state index contributed by atoms with van der Waals surface area (Å²) in [6.45, 7) is 0.941. The van der Waals surface area contributed by atoms with E-state index in [1.165, 1.54) is 49.2 Å². The van der Waals surface area contributed by atoms with E-state index < -0.39 is 49.9 Å². The van der Waals surface area contributed by atoms with Crippen molar-refractivity contribution in [1.82, 2.24) is 19.6 Å². The maximum absolute atomic E-state index is 13.9. The molecule has 2 aliphatic rings. The molecule has 0 amide bonds. The third-order valence-electron chi connectivity index (χ3n) is 6.67. The number of nitrogens with one attached hydrogen (secondary N) is 1. The largest absolute Gasteiger partial charge is 0.468 e. The van der Waals surface area contributed by atoms with Crippen LogP contribution in [-0.4, -0.2) is 67.8 Å². The summed E-state index contributed by atoms with van der Waals surface area (Å²) in [4.78, 5) is 20.5. The van der Waals surface area contributed by atoms with Crippen molar-refractivity contribution in [3.05, 3.63) is 47.9 Å². The van der Waals surface area contributed by atoms with Gasteiger partial charge in [0.2, 0.25) is 0 Å². The Balaban J connectivity index is 1.38. The molecule has 13 nitrogen and oxygen atoms in total. The predicted molar refractivity (Wildman–Crippen MR) is 135 cm³/mol. The molecule has 38 heavy (non-hydrogen) atoms. The van der Waals surface area contributed by atoms with E-state index in [0.717, 1.165) is 0 Å². The minimum absolute atomic E-state index is 0.166. The van der Waals surface area contributed by atoms with E-state index in [-0.39, 0.29) is 11.6 Å². The fourth-order valence-corrected chi connectivity index (χ4v) is 6.26. The van der Waals surface area contributed by atoms with E-state index >= 15 is 0 Å². The van der Waals surface area contributed by atoms with Crippen LogP contribution in [0, 0.1) is 0 Å². The van der Waals surface area contributed by atoms with E-state index in [0.29, 0.717) is 28.9 Å². The van der Waals surface area contributed by atoms with Crippen molar-refractivity contribution in [3.8, 4) is 5.75 Å². The summed E-state index contributed by atoms with van der Waals surface area (Å²) in [6.07, 6.45) is -0.0716. The van der Waals surface area contributed by atoms with Gasteiger partial charge in [0.05, 0.1) is 19.1 Å². The molecule has 1 aromatic carbocycles. The summed E-state index contributed by atoms with van der Waals surface area (Å²) in [6, 6.07) is 7.73. The maximum atomic E-state index is 13.9. The highest BCUT2D eigenvalue weighted by atomic mass is 35.5. The number of rotatable bonds is 9. The van der Waals surface area contributed by atoms with Crippen molar-refractivity contribution in [2.24, 2.45) is 0 Å². The molecule has 3 heterocycles. The smallest absolute Gasteiger partial charge is 0.459 e. The molecule has 1 saturated carbocycles. The number of methoxy groups -OCH3 is 1. The Morgan fingerprint density at radius 3 is 2.68 bits per heavy atom. The number of aliphatic hydroxyl groups excluding tert-OH is 1. The molecule has 0 spiro atoms. The van der Waals surface area contributed by atoms with Gasteiger partial charge in [0.15, 0.2) is 6.23 Å². The molecule has 5 N–H and O–H groups in total. The van der Waals surface area contributed by atoms with Gasteiger partial charge in [0.1, 0.15) is 46.9 Å². The summed E-state index contributed by atoms with van der Waals surface area (Å²) in [5.74, 6) is -0.195. The molecular formula is C23H27ClN5O8P. The van der Waals surface area contributed by atoms with Crippen molar-refractivity contribution >= 4 is 42.2 Å². The number of esters is 1. The minimum atomic E-state index is -4.24. The van der Waals surface area contributed by atoms with Gasteiger partial charge in [-0.2, -0.15) is 5.09 Å². The first-order valence-electron chi connectivity index (χ1n) is 11.7. The van der Waals surface area contributed by atoms with Crippen molar-refractivity contribution in [2.45, 2.75) is 49.3 Å². The van der Waals surface area contributed by atoms with Crippen molar-refractivity contribution in [2.75, 3.05) is 19.5 Å². The molecule has 0 radical (unpaired) electrons. The first-order valence-corrected chi connectivity index (χ1v) is 13.6. The Labute approximate surface area is 222 Å². The monoisotopic (exact) mass is 567 g/mol. The SMILES string of the molecule is COC(=O)C1(NP(=O)(OCC2OC(n3ccc4c(N)ncnc43)[C@](C)(O)[C@@H]2O)Oc2ccc(Cl)cc2)CC1. The lowest BCUT2D eigenvalue weighted by atomic mass is 9.96. The Kier molecular flexibility index (Phi) is 6.89. The number of benzene rings is 1. The number of hydrogen-bond acceptors (Lipinski definition) is 11. The zero-order valence-corrected chi connectivity index (χ0v) is 22.1. The number of anilines is 1. The molecule has 2 fully saturated rings. The second kappa shape index (κ2) is 9.76. The number of aromatic nitrogens is 3. The first-order chi connectivity index (χ1) is 18.0. The van der Waals surface area contributed by atoms with Gasteiger partial charge < -0.3 is 34.5 Å². The summed E-state index contributed by atoms with van der Waals surface area (Å²) in [5.41, 5.74) is 3.28. The standard InChI is InChI=1S/C23H27ClN5O8P/c1-22(32)17(30)16(36-20(22)29-10-7-15-18(25)26-12-27-19(15)29)11-35-38(33,28-23(8-9-23)21(31)34-2)37-14-5-3-13(24)4-6-14/h3-7,10,12,16-17,20,30,32H,8-9,11H2,1-2H3,(H,28,33)(H2,25,26,27)/t16?,17-,20?,22-,38?/m1/s1. The fourth-order valence-electron chi connectivity index (χ4n) is 4.39. The van der Waals surface area contributed by atoms with Gasteiger partial charge in [0.25, 0.3) is 0 Å². The number of carbonyl (C=O) groups excluding carboxylic acids is 1. The van der Waals surface area contributed by atoms with E-state index in [2.05, 4.69) is 15.1 Å². The lowest BCUT2D eigenvalue weighted by Crippen LogP contribution is -2.44. The molecule has 3 aromatic rings. The summed E-state index contributed by atoms with van der Waals surface area (Å²) >= 11 is 5.93. The van der Waals surface area contributed by atoms with Crippen LogP contribution in [0.3, 0.4) is 0 Å². The average molecular weight is 568 g/mol. The minimum Gasteiger partial charge on any atom is -0.468 e. The Morgan fingerprint density at radius 1 is 1.32 bits per heavy atom. The van der Waals surface area contributed by atoms with Gasteiger partial charge in [0, 0.05) is 11.2 Å². The van der Waals surface area contributed by atoms with Gasteiger partial charge >= 0.3 is 13.7 Å². The second-order valence-corrected chi connectivity index (χ2v) is 11.5. The summed E-state index contributed by atoms with van der Waals surface area (Å²) < 4.78 is 37.6. The average Bonchev–Trinajstić information content (AvgIpc) is 3.46. The van der Waals surface area contributed by atoms with E-state index in [1.807, 2.05) is 0 Å². The fraction of sp³-hybridized carbons (Fsp3) is 0.435. The number of nitrogens with two attached hydrogens (primary N) is 1. The topological polar surface area (TPSA) is 180 Å². The second-order valence-electron chi connectivity index (χ2n) is 9.44. The van der Waals surface area contributed by atoms with Gasteiger partial charge in [-0.15, -0.1) is 0 Å². The molecule has 2 aromatic heterocycles. The number of hydrogen-bond donors (Lipinski definition) is 4. The Morgan fingerprint density at radius 2 is 2.03 bits per heavy atom. The zero-order valence-electron chi connectivity index (χ0n) is 20.5. The number of ether oxygens (including phenoxy) is 2. The molecule has 204 valence electrons. The third-order valence-corrected chi connectivity index (χ3v) is 8.57. The van der Waals surface area contributed by atoms with Crippen LogP contribution in [-0.2, 0) is 23.4 Å². The van der Waals surface area contributed by atoms with E-state index in [1.54, 1.807) is 12.3 Å². The number of carbonyl (C=O) groups is 1. The van der Waals surface area contributed by atoms with Crippen LogP contribution in [0.5, 0.6) is 5.75 Å². The van der Waals surface area contributed by atoms with Crippen LogP contribution in [0.1, 0.15) is 26.0 Å². The Hall–Kier alpha value is -2.77. The lowest BCUT2D eigenvalue weighted by Gasteiger charge is -2.28. The van der Waals surface area contributed by atoms with Crippen LogP contribution in [0.15, 0.2) is 42.9 Å². The van der Waals surface area contributed by atoms with Crippen LogP contribution in [0.25, 0.3) is 11.0 Å². The predicted octanol–water partition coefficient (Wildman–Crippen LogP) is 2.18. The molecule has 5 rings (SSSR count). The molecule has 1 aliphatic carbocycles. The highest BCUT2D eigenvalue weighted by molar-refractivity contribution is 7.52. The third kappa shape index (κ3) is 4.87. The molecular weight excluding hydrogens is 541 g/mol. The number of aliphatic hydroxyl groups is 2. The maximum Gasteiger partial charge on any atom is 0.459 e. The van der Waals surface area contributed by atoms with Gasteiger partial charge in [-0.1, -0.05) is 11.6 Å². The Bertz CT molecular complexity index is 1400. The van der Waals surface area contributed by atoms with E-state index in [4.69, 9.17) is 35.9 Å². The van der Waals surface area contributed by atoms with Gasteiger partial charge in [-0.25, -0.2) is 14.5 Å². The van der Waals surface area contributed by atoms with Crippen molar-refractivity contribution < 1.29 is 38.1 Å². The molecule has 5 atom stereocenters. The number of fused-ring (bicyclic) bond motifs is 1. The first kappa shape index (κ1) is 26.8. The quantitative estimate of drug-likeness (QED) is 0.219. The van der Waals surface area contributed by atoms with Gasteiger partial charge in [-0.05, 0) is 50.1 Å². The van der Waals surface area contributed by atoms with Crippen LogP contribution < -0.4 is 15.3 Å². The highest BCUT2D eigenvalue weighted by Crippen LogP contribution is 2.53. The van der Waals surface area contributed by atoms with Crippen LogP contribution >= 0.6 is 19.3 Å². The molecule has 1 saturated heterocycles. The molecule has 15 heteroatoms. The van der Waals surface area contributed by atoms with Crippen molar-refractivity contribution in [1.29, 1.82) is 0 Å². The van der Waals surface area contributed by atoms with Crippen LogP contribution in [0.4, 0.5) is 5.82 Å². The lowest BCUT2D eigenvalue weighted by molar-refractivity contribution is -0.144. The summed E-state index contributed by atoms with van der Waals surface area (Å²) in [5, 5.41) is 25.8. The normalized spacial score (nSPS) is 27.7. The van der Waals surface area contributed by atoms with Crippen molar-refractivity contribution in [3.63, 3.8) is 0 Å². The summed E-state index contributed by atoms with van der Waals surface area (Å²) in [7, 11) is -3.01. The van der Waals surface area contributed by atoms with Gasteiger partial charge in [-0.3, -0.25) is 9.32 Å². The van der Waals surface area contributed by atoms with E-state index in [9.17, 15) is 19.6 Å². The van der Waals surface area contributed by atoms with Crippen LogP contribution in [0.2, 0.25) is 5.02 Å². The highest BCUT2D eigenvalue weighted by Gasteiger charge is 2.58. The number of nitrogens with zero attached hydrogens (tertiary/aromatic N) is 3. The molecule has 1 aliphatic heterocycles. The number of nitrogen functional groups attached to an aromatic ring is 1. The zero-order chi connectivity index (χ0) is 27.3. The number of halogens is 1.